The molecule has 0 amide bonds. The summed E-state index contributed by atoms with van der Waals surface area (Å²) in [6.45, 7) is 1.26. The smallest absolute Gasteiger partial charge is 0.330 e. The van der Waals surface area contributed by atoms with Gasteiger partial charge >= 0.3 is 5.97 Å². The number of thiazole rings is 1. The number of aliphatic hydroxyl groups is 1. The lowest BCUT2D eigenvalue weighted by molar-refractivity contribution is -0.383. The van der Waals surface area contributed by atoms with Gasteiger partial charge < -0.3 is 15.2 Å². The minimum Gasteiger partial charge on any atom is -0.467 e. The fraction of sp³-hybridized carbons (Fsp3) is 0.333. The molecule has 0 spiro atoms. The number of nitrogens with one attached hydrogen (secondary N) is 1. The summed E-state index contributed by atoms with van der Waals surface area (Å²) in [7, 11) is 1.17. The van der Waals surface area contributed by atoms with Crippen LogP contribution in [-0.4, -0.2) is 40.7 Å². The minimum atomic E-state index is -1.08. The molecule has 1 heterocycles. The summed E-state index contributed by atoms with van der Waals surface area (Å²) in [5.41, 5.74) is 0.517. The van der Waals surface area contributed by atoms with Gasteiger partial charge in [0.15, 0.2) is 0 Å². The van der Waals surface area contributed by atoms with Crippen LogP contribution in [0.1, 0.15) is 5.01 Å². The van der Waals surface area contributed by atoms with E-state index in [4.69, 9.17) is 0 Å². The molecule has 0 aliphatic heterocycles. The summed E-state index contributed by atoms with van der Waals surface area (Å²) in [6.07, 6.45) is 0. The van der Waals surface area contributed by atoms with E-state index in [1.807, 2.05) is 0 Å². The highest BCUT2D eigenvalue weighted by Gasteiger charge is 2.23. The summed E-state index contributed by atoms with van der Waals surface area (Å²) >= 11 is 1.34. The van der Waals surface area contributed by atoms with Crippen LogP contribution in [-0.2, 0) is 9.53 Å². The summed E-state index contributed by atoms with van der Waals surface area (Å²) in [6, 6.07) is 1.81. The van der Waals surface area contributed by atoms with Gasteiger partial charge in [-0.25, -0.2) is 9.78 Å². The third-order valence-corrected chi connectivity index (χ3v) is 3.74. The molecule has 0 aliphatic carbocycles. The Kier molecular flexibility index (Phi) is 4.34. The van der Waals surface area contributed by atoms with Gasteiger partial charge in [-0.3, -0.25) is 10.1 Å². The van der Waals surface area contributed by atoms with Crippen molar-refractivity contribution in [3.8, 4) is 0 Å². The van der Waals surface area contributed by atoms with E-state index in [-0.39, 0.29) is 11.4 Å². The molecule has 0 radical (unpaired) electrons. The van der Waals surface area contributed by atoms with Gasteiger partial charge in [-0.2, -0.15) is 0 Å². The number of hydrogen-bond donors (Lipinski definition) is 2. The van der Waals surface area contributed by atoms with Crippen LogP contribution in [0, 0.1) is 17.0 Å². The standard InChI is InChI=1S/C12H13N3O5S/c1-6-13-8-3-7(14-9(5-16)12(17)20-2)10(15(18)19)4-11(8)21-6/h3-4,9,14,16H,5H2,1-2H3. The average Bonchev–Trinajstić information content (AvgIpc) is 2.81. The van der Waals surface area contributed by atoms with E-state index >= 15 is 0 Å². The first kappa shape index (κ1) is 15.1. The number of aliphatic hydroxyl groups excluding tert-OH is 1. The van der Waals surface area contributed by atoms with Crippen molar-refractivity contribution in [3.63, 3.8) is 0 Å². The molecule has 0 saturated carbocycles. The number of anilines is 1. The number of fused-ring (bicyclic) bond motifs is 1. The van der Waals surface area contributed by atoms with Gasteiger partial charge in [-0.15, -0.1) is 11.3 Å². The number of rotatable bonds is 5. The number of carbonyl (C=O) groups is 1. The second-order valence-corrected chi connectivity index (χ2v) is 5.46. The Labute approximate surface area is 123 Å². The first-order chi connectivity index (χ1) is 9.96. The molecule has 2 N–H and O–H groups in total. The Balaban J connectivity index is 2.47. The average molecular weight is 311 g/mol. The number of carbonyl (C=O) groups excluding carboxylic acids is 1. The van der Waals surface area contributed by atoms with Crippen LogP contribution >= 0.6 is 11.3 Å². The maximum Gasteiger partial charge on any atom is 0.330 e. The normalized spacial score (nSPS) is 12.1. The monoisotopic (exact) mass is 311 g/mol. The van der Waals surface area contributed by atoms with Gasteiger partial charge in [-0.1, -0.05) is 0 Å². The molecule has 0 fully saturated rings. The van der Waals surface area contributed by atoms with E-state index in [0.717, 1.165) is 5.01 Å². The third-order valence-electron chi connectivity index (χ3n) is 2.81. The minimum absolute atomic E-state index is 0.113. The van der Waals surface area contributed by atoms with Crippen molar-refractivity contribution in [1.82, 2.24) is 4.98 Å². The molecule has 0 bridgehead atoms. The van der Waals surface area contributed by atoms with Crippen LogP contribution in [0.5, 0.6) is 0 Å². The first-order valence-corrected chi connectivity index (χ1v) is 6.78. The van der Waals surface area contributed by atoms with Gasteiger partial charge in [0.25, 0.3) is 5.69 Å². The third kappa shape index (κ3) is 3.09. The summed E-state index contributed by atoms with van der Waals surface area (Å²) in [4.78, 5) is 26.3. The highest BCUT2D eigenvalue weighted by Crippen LogP contribution is 2.33. The lowest BCUT2D eigenvalue weighted by Crippen LogP contribution is -2.34. The molecule has 8 nitrogen and oxygen atoms in total. The highest BCUT2D eigenvalue weighted by molar-refractivity contribution is 7.18. The quantitative estimate of drug-likeness (QED) is 0.488. The highest BCUT2D eigenvalue weighted by atomic mass is 32.1. The Morgan fingerprint density at radius 1 is 1.62 bits per heavy atom. The topological polar surface area (TPSA) is 115 Å². The maximum atomic E-state index is 11.5. The zero-order valence-corrected chi connectivity index (χ0v) is 12.1. The molecule has 9 heteroatoms. The number of methoxy groups -OCH3 is 1. The van der Waals surface area contributed by atoms with Gasteiger partial charge in [-0.05, 0) is 13.0 Å². The van der Waals surface area contributed by atoms with Crippen LogP contribution in [0.4, 0.5) is 11.4 Å². The van der Waals surface area contributed by atoms with E-state index < -0.39 is 23.5 Å². The Hall–Kier alpha value is -2.26. The van der Waals surface area contributed by atoms with Gasteiger partial charge in [0.05, 0.1) is 33.9 Å². The summed E-state index contributed by atoms with van der Waals surface area (Å²) in [5.74, 6) is -0.707. The molecule has 2 aromatic rings. The number of aryl methyl sites for hydroxylation is 1. The first-order valence-electron chi connectivity index (χ1n) is 5.97. The summed E-state index contributed by atoms with van der Waals surface area (Å²) < 4.78 is 5.21. The molecular weight excluding hydrogens is 298 g/mol. The molecular formula is C12H13N3O5S. The Morgan fingerprint density at radius 2 is 2.33 bits per heavy atom. The van der Waals surface area contributed by atoms with Crippen LogP contribution in [0.2, 0.25) is 0 Å². The van der Waals surface area contributed by atoms with E-state index in [1.54, 1.807) is 6.92 Å². The van der Waals surface area contributed by atoms with Gasteiger partial charge in [0.1, 0.15) is 11.7 Å². The summed E-state index contributed by atoms with van der Waals surface area (Å²) in [5, 5.41) is 23.8. The Bertz CT molecular complexity index is 700. The van der Waals surface area contributed by atoms with Crippen molar-refractivity contribution in [2.75, 3.05) is 19.0 Å². The molecule has 0 saturated heterocycles. The van der Waals surface area contributed by atoms with Crippen LogP contribution < -0.4 is 5.32 Å². The number of nitro groups is 1. The van der Waals surface area contributed by atoms with Crippen LogP contribution in [0.3, 0.4) is 0 Å². The zero-order valence-electron chi connectivity index (χ0n) is 11.3. The molecule has 1 aromatic carbocycles. The van der Waals surface area contributed by atoms with Crippen molar-refractivity contribution in [3.05, 3.63) is 27.3 Å². The molecule has 2 rings (SSSR count). The number of ether oxygens (including phenoxy) is 1. The second kappa shape index (κ2) is 6.02. The number of esters is 1. The van der Waals surface area contributed by atoms with E-state index in [2.05, 4.69) is 15.0 Å². The largest absolute Gasteiger partial charge is 0.467 e. The predicted molar refractivity (Wildman–Crippen MR) is 77.5 cm³/mol. The molecule has 21 heavy (non-hydrogen) atoms. The maximum absolute atomic E-state index is 11.5. The number of nitro benzene ring substituents is 1. The van der Waals surface area contributed by atoms with Crippen molar-refractivity contribution in [2.24, 2.45) is 0 Å². The van der Waals surface area contributed by atoms with E-state index in [1.165, 1.54) is 30.6 Å². The van der Waals surface area contributed by atoms with E-state index in [0.29, 0.717) is 10.2 Å². The fourth-order valence-electron chi connectivity index (χ4n) is 1.85. The lowest BCUT2D eigenvalue weighted by atomic mass is 10.2. The van der Waals surface area contributed by atoms with Crippen LogP contribution in [0.25, 0.3) is 10.2 Å². The Morgan fingerprint density at radius 3 is 2.90 bits per heavy atom. The second-order valence-electron chi connectivity index (χ2n) is 4.23. The lowest BCUT2D eigenvalue weighted by Gasteiger charge is -2.15. The predicted octanol–water partition coefficient (Wildman–Crippen LogP) is 1.46. The molecule has 1 atom stereocenters. The number of hydrogen-bond acceptors (Lipinski definition) is 8. The number of nitrogens with zero attached hydrogens (tertiary/aromatic N) is 2. The van der Waals surface area contributed by atoms with Gasteiger partial charge in [0.2, 0.25) is 0 Å². The van der Waals surface area contributed by atoms with E-state index in [9.17, 15) is 20.0 Å². The van der Waals surface area contributed by atoms with Crippen molar-refractivity contribution < 1.29 is 19.6 Å². The molecule has 1 aromatic heterocycles. The zero-order chi connectivity index (χ0) is 15.6. The van der Waals surface area contributed by atoms with Crippen molar-refractivity contribution in [2.45, 2.75) is 13.0 Å². The molecule has 1 unspecified atom stereocenters. The molecule has 0 aliphatic rings. The number of aromatic nitrogens is 1. The fourth-order valence-corrected chi connectivity index (χ4v) is 2.70. The van der Waals surface area contributed by atoms with Crippen LogP contribution in [0.15, 0.2) is 12.1 Å². The van der Waals surface area contributed by atoms with Gasteiger partial charge in [0, 0.05) is 6.07 Å². The number of benzene rings is 1. The van der Waals surface area contributed by atoms with Crippen molar-refractivity contribution >= 4 is 38.9 Å². The SMILES string of the molecule is COC(=O)C(CO)Nc1cc2nc(C)sc2cc1[N+](=O)[O-]. The van der Waals surface area contributed by atoms with Crippen molar-refractivity contribution in [1.29, 1.82) is 0 Å². The molecule has 112 valence electrons.